The average molecular weight is 416 g/mol. The number of carbonyl (C=O) groups excluding carboxylic acids is 1. The Morgan fingerprint density at radius 1 is 1.00 bits per heavy atom. The number of rotatable bonds is 6. The molecule has 0 saturated heterocycles. The van der Waals surface area contributed by atoms with Gasteiger partial charge in [0.15, 0.2) is 0 Å². The second-order valence-corrected chi connectivity index (χ2v) is 6.30. The predicted molar refractivity (Wildman–Crippen MR) is 108 cm³/mol. The number of anilines is 4. The summed E-state index contributed by atoms with van der Waals surface area (Å²) in [6.07, 6.45) is -3.65. The summed E-state index contributed by atoms with van der Waals surface area (Å²) in [7, 11) is 0. The Labute approximate surface area is 170 Å². The molecule has 7 nitrogen and oxygen atoms in total. The van der Waals surface area contributed by atoms with Crippen LogP contribution in [0.5, 0.6) is 0 Å². The van der Waals surface area contributed by atoms with Gasteiger partial charge in [-0.2, -0.15) is 13.2 Å². The van der Waals surface area contributed by atoms with E-state index in [1.165, 1.54) is 0 Å². The molecular formula is C20H19F3N6O. The number of hydrogen-bond acceptors (Lipinski definition) is 6. The van der Waals surface area contributed by atoms with Crippen LogP contribution in [0.1, 0.15) is 28.8 Å². The molecule has 10 heteroatoms. The molecule has 0 bridgehead atoms. The lowest BCUT2D eigenvalue weighted by atomic mass is 10.2. The third-order valence-electron chi connectivity index (χ3n) is 3.93. The van der Waals surface area contributed by atoms with Crippen LogP contribution in [0, 0.1) is 6.92 Å². The summed E-state index contributed by atoms with van der Waals surface area (Å²) in [5, 5.41) is 8.90. The number of benzene rings is 1. The monoisotopic (exact) mass is 416 g/mol. The van der Waals surface area contributed by atoms with Crippen molar-refractivity contribution >= 4 is 28.9 Å². The van der Waals surface area contributed by atoms with Gasteiger partial charge in [0.2, 0.25) is 0 Å². The maximum absolute atomic E-state index is 12.6. The number of hydrogen-bond donors (Lipinski definition) is 3. The van der Waals surface area contributed by atoms with Crippen molar-refractivity contribution in [3.63, 3.8) is 0 Å². The Kier molecular flexibility index (Phi) is 6.14. The van der Waals surface area contributed by atoms with Crippen molar-refractivity contribution in [1.82, 2.24) is 15.0 Å². The molecule has 1 aromatic carbocycles. The molecule has 3 aromatic rings. The number of alkyl halides is 3. The number of nitrogens with one attached hydrogen (secondary N) is 3. The van der Waals surface area contributed by atoms with Gasteiger partial charge in [0, 0.05) is 30.2 Å². The van der Waals surface area contributed by atoms with Gasteiger partial charge in [-0.05, 0) is 50.2 Å². The van der Waals surface area contributed by atoms with Crippen molar-refractivity contribution < 1.29 is 18.0 Å². The van der Waals surface area contributed by atoms with Crippen LogP contribution < -0.4 is 16.0 Å². The minimum Gasteiger partial charge on any atom is -0.370 e. The quantitative estimate of drug-likeness (QED) is 0.543. The predicted octanol–water partition coefficient (Wildman–Crippen LogP) is 4.63. The largest absolute Gasteiger partial charge is 0.433 e. The third kappa shape index (κ3) is 5.43. The Hall–Kier alpha value is -3.69. The van der Waals surface area contributed by atoms with E-state index in [2.05, 4.69) is 30.9 Å². The smallest absolute Gasteiger partial charge is 0.370 e. The second kappa shape index (κ2) is 8.76. The summed E-state index contributed by atoms with van der Waals surface area (Å²) in [4.78, 5) is 24.1. The molecule has 0 unspecified atom stereocenters. The summed E-state index contributed by atoms with van der Waals surface area (Å²) >= 11 is 0. The molecule has 0 fully saturated rings. The molecule has 2 aromatic heterocycles. The molecule has 3 N–H and O–H groups in total. The fourth-order valence-corrected chi connectivity index (χ4v) is 2.59. The zero-order valence-corrected chi connectivity index (χ0v) is 16.2. The van der Waals surface area contributed by atoms with Gasteiger partial charge in [0.25, 0.3) is 5.91 Å². The summed E-state index contributed by atoms with van der Waals surface area (Å²) < 4.78 is 37.7. The van der Waals surface area contributed by atoms with Gasteiger partial charge in [0.05, 0.1) is 5.56 Å². The normalized spacial score (nSPS) is 11.1. The number of nitrogens with zero attached hydrogens (tertiary/aromatic N) is 3. The lowest BCUT2D eigenvalue weighted by Gasteiger charge is -2.11. The fraction of sp³-hybridized carbons (Fsp3) is 0.200. The number of aromatic nitrogens is 3. The van der Waals surface area contributed by atoms with Crippen LogP contribution in [0.25, 0.3) is 0 Å². The van der Waals surface area contributed by atoms with Crippen LogP contribution in [0.3, 0.4) is 0 Å². The first-order valence-electron chi connectivity index (χ1n) is 9.06. The molecule has 0 radical (unpaired) electrons. The molecular weight excluding hydrogens is 397 g/mol. The van der Waals surface area contributed by atoms with Crippen molar-refractivity contribution in [2.45, 2.75) is 20.0 Å². The Balaban J connectivity index is 1.65. The van der Waals surface area contributed by atoms with Crippen molar-refractivity contribution in [3.05, 3.63) is 65.7 Å². The van der Waals surface area contributed by atoms with Crippen LogP contribution in [-0.2, 0) is 6.18 Å². The van der Waals surface area contributed by atoms with Crippen LogP contribution in [-0.4, -0.2) is 27.4 Å². The number of amides is 1. The Morgan fingerprint density at radius 3 is 2.27 bits per heavy atom. The van der Waals surface area contributed by atoms with Gasteiger partial charge in [-0.25, -0.2) is 9.97 Å². The lowest BCUT2D eigenvalue weighted by Crippen LogP contribution is -2.14. The van der Waals surface area contributed by atoms with E-state index in [4.69, 9.17) is 0 Å². The maximum atomic E-state index is 12.6. The third-order valence-corrected chi connectivity index (χ3v) is 3.93. The van der Waals surface area contributed by atoms with Gasteiger partial charge >= 0.3 is 6.18 Å². The molecule has 2 heterocycles. The van der Waals surface area contributed by atoms with Gasteiger partial charge in [0.1, 0.15) is 23.2 Å². The molecule has 156 valence electrons. The molecule has 0 saturated carbocycles. The molecule has 30 heavy (non-hydrogen) atoms. The first-order chi connectivity index (χ1) is 14.2. The summed E-state index contributed by atoms with van der Waals surface area (Å²) in [5.41, 5.74) is 0.201. The topological polar surface area (TPSA) is 91.8 Å². The first kappa shape index (κ1) is 21.0. The summed E-state index contributed by atoms with van der Waals surface area (Å²) in [6, 6.07) is 10.4. The van der Waals surface area contributed by atoms with E-state index in [1.54, 1.807) is 37.3 Å². The minimum atomic E-state index is -4.55. The SMILES string of the molecule is CCNc1cc(Nc2ccc(NC(=O)c3ccc(C(F)(F)F)nc3)cc2)nc(C)n1. The summed E-state index contributed by atoms with van der Waals surface area (Å²) in [5.74, 6) is 1.39. The Morgan fingerprint density at radius 2 is 1.67 bits per heavy atom. The fourth-order valence-electron chi connectivity index (χ4n) is 2.59. The van der Waals surface area contributed by atoms with Crippen LogP contribution in [0.15, 0.2) is 48.7 Å². The second-order valence-electron chi connectivity index (χ2n) is 6.30. The molecule has 0 aliphatic rings. The lowest BCUT2D eigenvalue weighted by molar-refractivity contribution is -0.141. The number of pyridine rings is 1. The molecule has 0 aliphatic carbocycles. The number of halogens is 3. The van der Waals surface area contributed by atoms with Gasteiger partial charge in [-0.15, -0.1) is 0 Å². The van der Waals surface area contributed by atoms with Gasteiger partial charge < -0.3 is 16.0 Å². The van der Waals surface area contributed by atoms with Crippen molar-refractivity contribution in [2.75, 3.05) is 22.5 Å². The highest BCUT2D eigenvalue weighted by atomic mass is 19.4. The molecule has 0 spiro atoms. The van der Waals surface area contributed by atoms with E-state index < -0.39 is 17.8 Å². The van der Waals surface area contributed by atoms with E-state index in [0.717, 1.165) is 30.6 Å². The van der Waals surface area contributed by atoms with Gasteiger partial charge in [-0.1, -0.05) is 0 Å². The zero-order valence-electron chi connectivity index (χ0n) is 16.2. The van der Waals surface area contributed by atoms with Gasteiger partial charge in [-0.3, -0.25) is 9.78 Å². The van der Waals surface area contributed by atoms with E-state index in [9.17, 15) is 18.0 Å². The summed E-state index contributed by atoms with van der Waals surface area (Å²) in [6.45, 7) is 4.50. The molecule has 0 atom stereocenters. The van der Waals surface area contributed by atoms with Crippen molar-refractivity contribution in [1.29, 1.82) is 0 Å². The van der Waals surface area contributed by atoms with Crippen molar-refractivity contribution in [2.24, 2.45) is 0 Å². The minimum absolute atomic E-state index is 0.0256. The van der Waals surface area contributed by atoms with E-state index in [1.807, 2.05) is 6.92 Å². The van der Waals surface area contributed by atoms with Crippen LogP contribution in [0.4, 0.5) is 36.2 Å². The van der Waals surface area contributed by atoms with Crippen LogP contribution >= 0.6 is 0 Å². The number of carbonyl (C=O) groups is 1. The van der Waals surface area contributed by atoms with E-state index in [0.29, 0.717) is 23.1 Å². The molecule has 3 rings (SSSR count). The highest BCUT2D eigenvalue weighted by Gasteiger charge is 2.32. The van der Waals surface area contributed by atoms with Crippen molar-refractivity contribution in [3.8, 4) is 0 Å². The molecule has 0 aliphatic heterocycles. The Bertz CT molecular complexity index is 1020. The van der Waals surface area contributed by atoms with E-state index in [-0.39, 0.29) is 5.56 Å². The first-order valence-corrected chi connectivity index (χ1v) is 9.06. The maximum Gasteiger partial charge on any atom is 0.433 e. The zero-order chi connectivity index (χ0) is 21.7. The highest BCUT2D eigenvalue weighted by molar-refractivity contribution is 6.04. The average Bonchev–Trinajstić information content (AvgIpc) is 2.69. The molecule has 1 amide bonds. The standard InChI is InChI=1S/C20H19F3N6O/c1-3-24-17-10-18(27-12(2)26-17)28-14-5-7-15(8-6-14)29-19(30)13-4-9-16(25-11-13)20(21,22)23/h4-11H,3H2,1-2H3,(H,29,30)(H2,24,26,27,28). The van der Waals surface area contributed by atoms with Crippen LogP contribution in [0.2, 0.25) is 0 Å². The number of aryl methyl sites for hydroxylation is 1. The van der Waals surface area contributed by atoms with E-state index >= 15 is 0 Å². The highest BCUT2D eigenvalue weighted by Crippen LogP contribution is 2.27.